The van der Waals surface area contributed by atoms with E-state index < -0.39 is 0 Å². The Labute approximate surface area is 69.3 Å². The Morgan fingerprint density at radius 2 is 2.27 bits per heavy atom. The molecule has 0 radical (unpaired) electrons. The number of hydrogen-bond donors (Lipinski definition) is 1. The van der Waals surface area contributed by atoms with E-state index in [1.807, 2.05) is 0 Å². The summed E-state index contributed by atoms with van der Waals surface area (Å²) in [4.78, 5) is 0. The van der Waals surface area contributed by atoms with E-state index in [0.29, 0.717) is 12.1 Å². The molecule has 0 saturated carbocycles. The number of hydrogen-bond acceptors (Lipinski definition) is 2. The molecule has 0 aromatic rings. The predicted octanol–water partition coefficient (Wildman–Crippen LogP) is 1.41. The molecule has 0 aliphatic carbocycles. The van der Waals surface area contributed by atoms with Crippen molar-refractivity contribution in [2.24, 2.45) is 5.92 Å². The predicted molar refractivity (Wildman–Crippen MR) is 46.7 cm³/mol. The van der Waals surface area contributed by atoms with E-state index in [1.54, 1.807) is 0 Å². The monoisotopic (exact) mass is 157 g/mol. The highest BCUT2D eigenvalue weighted by Gasteiger charge is 2.25. The molecule has 2 unspecified atom stereocenters. The van der Waals surface area contributed by atoms with Crippen LogP contribution in [0.25, 0.3) is 0 Å². The number of nitrogens with one attached hydrogen (secondary N) is 1. The van der Waals surface area contributed by atoms with Gasteiger partial charge in [-0.1, -0.05) is 13.8 Å². The summed E-state index contributed by atoms with van der Waals surface area (Å²) in [6.07, 6.45) is 1.65. The van der Waals surface area contributed by atoms with Crippen LogP contribution in [0, 0.1) is 5.92 Å². The summed E-state index contributed by atoms with van der Waals surface area (Å²) in [6, 6.07) is 0.673. The molecule has 2 nitrogen and oxygen atoms in total. The smallest absolute Gasteiger partial charge is 0.0714 e. The van der Waals surface area contributed by atoms with Gasteiger partial charge < -0.3 is 10.1 Å². The fourth-order valence-electron chi connectivity index (χ4n) is 1.60. The van der Waals surface area contributed by atoms with Crippen molar-refractivity contribution in [1.29, 1.82) is 0 Å². The van der Waals surface area contributed by atoms with Crippen LogP contribution in [-0.2, 0) is 4.74 Å². The Morgan fingerprint density at radius 1 is 1.55 bits per heavy atom. The van der Waals surface area contributed by atoms with Crippen molar-refractivity contribution in [3.63, 3.8) is 0 Å². The second-order valence-electron chi connectivity index (χ2n) is 3.57. The van der Waals surface area contributed by atoms with Gasteiger partial charge in [-0.2, -0.15) is 0 Å². The topological polar surface area (TPSA) is 21.3 Å². The van der Waals surface area contributed by atoms with Crippen LogP contribution in [-0.4, -0.2) is 25.3 Å². The maximum absolute atomic E-state index is 5.52. The Hall–Kier alpha value is -0.0800. The summed E-state index contributed by atoms with van der Waals surface area (Å²) >= 11 is 0. The van der Waals surface area contributed by atoms with E-state index in [0.717, 1.165) is 19.1 Å². The third-order valence-electron chi connectivity index (χ3n) is 2.33. The standard InChI is InChI=1S/C9H19NO/c1-4-11-8-5-9(7(2)3)10-6-8/h7-10H,4-6H2,1-3H3. The fourth-order valence-corrected chi connectivity index (χ4v) is 1.60. The van der Waals surface area contributed by atoms with Gasteiger partial charge in [-0.3, -0.25) is 0 Å². The molecule has 66 valence electrons. The third kappa shape index (κ3) is 2.46. The summed E-state index contributed by atoms with van der Waals surface area (Å²) in [6.45, 7) is 8.45. The van der Waals surface area contributed by atoms with E-state index in [-0.39, 0.29) is 0 Å². The molecule has 1 rings (SSSR count). The zero-order chi connectivity index (χ0) is 8.27. The van der Waals surface area contributed by atoms with Gasteiger partial charge >= 0.3 is 0 Å². The van der Waals surface area contributed by atoms with Gasteiger partial charge in [-0.15, -0.1) is 0 Å². The first-order valence-electron chi connectivity index (χ1n) is 4.59. The van der Waals surface area contributed by atoms with Crippen molar-refractivity contribution in [3.05, 3.63) is 0 Å². The fraction of sp³-hybridized carbons (Fsp3) is 1.00. The molecule has 1 heterocycles. The molecule has 2 heteroatoms. The molecule has 1 saturated heterocycles. The lowest BCUT2D eigenvalue weighted by Gasteiger charge is -2.13. The molecule has 1 aliphatic heterocycles. The minimum Gasteiger partial charge on any atom is -0.377 e. The van der Waals surface area contributed by atoms with Crippen molar-refractivity contribution in [2.75, 3.05) is 13.2 Å². The molecule has 0 aromatic carbocycles. The first-order valence-corrected chi connectivity index (χ1v) is 4.59. The molecule has 0 amide bonds. The average Bonchev–Trinajstić information content (AvgIpc) is 2.37. The van der Waals surface area contributed by atoms with Crippen LogP contribution < -0.4 is 5.32 Å². The third-order valence-corrected chi connectivity index (χ3v) is 2.33. The van der Waals surface area contributed by atoms with Gasteiger partial charge in [-0.25, -0.2) is 0 Å². The maximum Gasteiger partial charge on any atom is 0.0714 e. The zero-order valence-corrected chi connectivity index (χ0v) is 7.76. The van der Waals surface area contributed by atoms with Gasteiger partial charge in [0.25, 0.3) is 0 Å². The van der Waals surface area contributed by atoms with E-state index in [4.69, 9.17) is 4.74 Å². The molecular weight excluding hydrogens is 138 g/mol. The Morgan fingerprint density at radius 3 is 2.73 bits per heavy atom. The van der Waals surface area contributed by atoms with Gasteiger partial charge in [0, 0.05) is 19.2 Å². The van der Waals surface area contributed by atoms with Crippen LogP contribution in [0.5, 0.6) is 0 Å². The molecule has 2 atom stereocenters. The molecule has 0 bridgehead atoms. The summed E-state index contributed by atoms with van der Waals surface area (Å²) in [5.41, 5.74) is 0. The van der Waals surface area contributed by atoms with Crippen molar-refractivity contribution in [2.45, 2.75) is 39.3 Å². The lowest BCUT2D eigenvalue weighted by Crippen LogP contribution is -2.26. The van der Waals surface area contributed by atoms with Crippen molar-refractivity contribution >= 4 is 0 Å². The van der Waals surface area contributed by atoms with E-state index >= 15 is 0 Å². The summed E-state index contributed by atoms with van der Waals surface area (Å²) < 4.78 is 5.52. The quantitative estimate of drug-likeness (QED) is 0.669. The summed E-state index contributed by atoms with van der Waals surface area (Å²) in [5.74, 6) is 0.737. The normalized spacial score (nSPS) is 31.6. The zero-order valence-electron chi connectivity index (χ0n) is 7.76. The highest BCUT2D eigenvalue weighted by atomic mass is 16.5. The lowest BCUT2D eigenvalue weighted by atomic mass is 10.0. The molecule has 0 spiro atoms. The highest BCUT2D eigenvalue weighted by molar-refractivity contribution is 4.83. The van der Waals surface area contributed by atoms with E-state index in [1.165, 1.54) is 6.42 Å². The second-order valence-corrected chi connectivity index (χ2v) is 3.57. The van der Waals surface area contributed by atoms with Gasteiger partial charge in [0.1, 0.15) is 0 Å². The van der Waals surface area contributed by atoms with Crippen LogP contribution in [0.3, 0.4) is 0 Å². The lowest BCUT2D eigenvalue weighted by molar-refractivity contribution is 0.0747. The average molecular weight is 157 g/mol. The van der Waals surface area contributed by atoms with Gasteiger partial charge in [0.05, 0.1) is 6.10 Å². The summed E-state index contributed by atoms with van der Waals surface area (Å²) in [5, 5.41) is 3.47. The number of rotatable bonds is 3. The van der Waals surface area contributed by atoms with Gasteiger partial charge in [0.15, 0.2) is 0 Å². The van der Waals surface area contributed by atoms with Crippen molar-refractivity contribution < 1.29 is 4.74 Å². The van der Waals surface area contributed by atoms with Gasteiger partial charge in [0.2, 0.25) is 0 Å². The van der Waals surface area contributed by atoms with E-state index in [9.17, 15) is 0 Å². The molecule has 1 N–H and O–H groups in total. The molecular formula is C9H19NO. The van der Waals surface area contributed by atoms with Crippen LogP contribution in [0.1, 0.15) is 27.2 Å². The minimum atomic E-state index is 0.465. The maximum atomic E-state index is 5.52. The molecule has 0 aromatic heterocycles. The van der Waals surface area contributed by atoms with Crippen molar-refractivity contribution in [3.8, 4) is 0 Å². The van der Waals surface area contributed by atoms with Gasteiger partial charge in [-0.05, 0) is 19.3 Å². The van der Waals surface area contributed by atoms with E-state index in [2.05, 4.69) is 26.1 Å². The Balaban J connectivity index is 2.23. The van der Waals surface area contributed by atoms with Crippen molar-refractivity contribution in [1.82, 2.24) is 5.32 Å². The second kappa shape index (κ2) is 4.07. The number of ether oxygens (including phenoxy) is 1. The SMILES string of the molecule is CCOC1CNC(C(C)C)C1. The van der Waals surface area contributed by atoms with Crippen LogP contribution in [0.2, 0.25) is 0 Å². The Kier molecular flexibility index (Phi) is 3.34. The largest absolute Gasteiger partial charge is 0.377 e. The van der Waals surface area contributed by atoms with Crippen LogP contribution in [0.4, 0.5) is 0 Å². The first-order chi connectivity index (χ1) is 5.24. The highest BCUT2D eigenvalue weighted by Crippen LogP contribution is 2.16. The molecule has 11 heavy (non-hydrogen) atoms. The minimum absolute atomic E-state index is 0.465. The molecule has 1 fully saturated rings. The van der Waals surface area contributed by atoms with Crippen LogP contribution in [0.15, 0.2) is 0 Å². The first kappa shape index (κ1) is 9.01. The summed E-state index contributed by atoms with van der Waals surface area (Å²) in [7, 11) is 0. The Bertz CT molecular complexity index is 114. The van der Waals surface area contributed by atoms with Crippen LogP contribution >= 0.6 is 0 Å². The molecule has 1 aliphatic rings.